The molecule has 0 aliphatic carbocycles. The summed E-state index contributed by atoms with van der Waals surface area (Å²) in [5, 5.41) is 2.94. The largest absolute Gasteiger partial charge is 0.330 e. The van der Waals surface area contributed by atoms with Crippen molar-refractivity contribution in [3.63, 3.8) is 0 Å². The third kappa shape index (κ3) is 4.05. The molecule has 4 rings (SSSR count). The highest BCUT2D eigenvalue weighted by Gasteiger charge is 2.26. The van der Waals surface area contributed by atoms with Crippen LogP contribution in [-0.2, 0) is 0 Å². The third-order valence-electron chi connectivity index (χ3n) is 4.40. The first-order chi connectivity index (χ1) is 14.0. The molecule has 0 radical (unpaired) electrons. The van der Waals surface area contributed by atoms with Crippen LogP contribution in [0.15, 0.2) is 66.1 Å². The van der Waals surface area contributed by atoms with Gasteiger partial charge in [0.1, 0.15) is 5.69 Å². The number of benzene rings is 2. The van der Waals surface area contributed by atoms with Crippen molar-refractivity contribution >= 4 is 57.2 Å². The lowest BCUT2D eigenvalue weighted by molar-refractivity contribution is 0.0794. The van der Waals surface area contributed by atoms with Crippen LogP contribution in [0.4, 0.5) is 10.8 Å². The number of halogens is 2. The van der Waals surface area contributed by atoms with Crippen LogP contribution >= 0.6 is 34.5 Å². The number of carbonyl (C=O) groups excluding carboxylic acids is 2. The Balaban J connectivity index is 1.73. The number of amides is 2. The van der Waals surface area contributed by atoms with Crippen LogP contribution in [0, 0.1) is 0 Å². The van der Waals surface area contributed by atoms with Gasteiger partial charge < -0.3 is 4.90 Å². The van der Waals surface area contributed by atoms with Crippen LogP contribution in [0.5, 0.6) is 0 Å². The molecule has 2 aromatic carbocycles. The van der Waals surface area contributed by atoms with E-state index in [0.29, 0.717) is 45.2 Å². The summed E-state index contributed by atoms with van der Waals surface area (Å²) in [7, 11) is 0. The summed E-state index contributed by atoms with van der Waals surface area (Å²) in [6.07, 6.45) is 3.87. The predicted molar refractivity (Wildman–Crippen MR) is 117 cm³/mol. The molecule has 0 unspecified atom stereocenters. The highest BCUT2D eigenvalue weighted by atomic mass is 35.5. The van der Waals surface area contributed by atoms with Gasteiger partial charge in [0.05, 0.1) is 16.3 Å². The van der Waals surface area contributed by atoms with E-state index in [-0.39, 0.29) is 11.8 Å². The molecule has 146 valence electrons. The zero-order valence-electron chi connectivity index (χ0n) is 15.1. The molecule has 2 heterocycles. The summed E-state index contributed by atoms with van der Waals surface area (Å²) in [6.45, 7) is 1.12. The minimum atomic E-state index is -0.339. The first-order valence-corrected chi connectivity index (χ1v) is 10.4. The summed E-state index contributed by atoms with van der Waals surface area (Å²) < 4.78 is 0. The van der Waals surface area contributed by atoms with Crippen molar-refractivity contribution in [3.8, 4) is 0 Å². The minimum absolute atomic E-state index is 0.168. The van der Waals surface area contributed by atoms with Crippen LogP contribution in [0.2, 0.25) is 10.0 Å². The van der Waals surface area contributed by atoms with E-state index in [0.717, 1.165) is 0 Å². The first-order valence-electron chi connectivity index (χ1n) is 8.79. The number of thiazole rings is 1. The van der Waals surface area contributed by atoms with Gasteiger partial charge in [0.2, 0.25) is 0 Å². The number of carbonyl (C=O) groups is 2. The molecule has 0 atom stereocenters. The topological polar surface area (TPSA) is 53.5 Å². The molecule has 0 saturated carbocycles. The highest BCUT2D eigenvalue weighted by Crippen LogP contribution is 2.33. The third-order valence-corrected chi connectivity index (χ3v) is 5.81. The van der Waals surface area contributed by atoms with Gasteiger partial charge in [0.15, 0.2) is 5.13 Å². The van der Waals surface area contributed by atoms with E-state index < -0.39 is 0 Å². The second-order valence-electron chi connectivity index (χ2n) is 6.29. The fraction of sp³-hybridized carbons (Fsp3) is 0.0952. The zero-order valence-corrected chi connectivity index (χ0v) is 17.4. The monoisotopic (exact) mass is 443 g/mol. The Morgan fingerprint density at radius 2 is 1.69 bits per heavy atom. The summed E-state index contributed by atoms with van der Waals surface area (Å²) in [4.78, 5) is 33.6. The summed E-state index contributed by atoms with van der Waals surface area (Å²) in [5.74, 6) is -0.507. The Morgan fingerprint density at radius 3 is 2.38 bits per heavy atom. The molecule has 0 spiro atoms. The average molecular weight is 444 g/mol. The van der Waals surface area contributed by atoms with Gasteiger partial charge in [-0.1, -0.05) is 47.5 Å². The Kier molecular flexibility index (Phi) is 5.67. The maximum atomic E-state index is 13.4. The van der Waals surface area contributed by atoms with Crippen molar-refractivity contribution in [1.29, 1.82) is 0 Å². The molecule has 0 fully saturated rings. The van der Waals surface area contributed by atoms with Crippen molar-refractivity contribution in [2.75, 3.05) is 18.0 Å². The summed E-state index contributed by atoms with van der Waals surface area (Å²) >= 11 is 13.5. The van der Waals surface area contributed by atoms with E-state index >= 15 is 0 Å². The first kappa shape index (κ1) is 19.6. The van der Waals surface area contributed by atoms with Crippen molar-refractivity contribution in [3.05, 3.63) is 87.4 Å². The van der Waals surface area contributed by atoms with E-state index in [1.165, 1.54) is 16.2 Å². The molecular formula is C21H15Cl2N3O2S. The van der Waals surface area contributed by atoms with Crippen LogP contribution in [0.3, 0.4) is 0 Å². The summed E-state index contributed by atoms with van der Waals surface area (Å²) in [5.41, 5.74) is 1.23. The van der Waals surface area contributed by atoms with Crippen LogP contribution in [0.1, 0.15) is 20.8 Å². The predicted octanol–water partition coefficient (Wildman–Crippen LogP) is 5.44. The molecule has 29 heavy (non-hydrogen) atoms. The van der Waals surface area contributed by atoms with Gasteiger partial charge in [-0.05, 0) is 36.4 Å². The van der Waals surface area contributed by atoms with E-state index in [1.54, 1.807) is 58.8 Å². The van der Waals surface area contributed by atoms with E-state index in [9.17, 15) is 9.59 Å². The van der Waals surface area contributed by atoms with Crippen molar-refractivity contribution in [1.82, 2.24) is 9.88 Å². The van der Waals surface area contributed by atoms with Crippen molar-refractivity contribution in [2.45, 2.75) is 0 Å². The number of anilines is 2. The van der Waals surface area contributed by atoms with Gasteiger partial charge in [-0.3, -0.25) is 14.5 Å². The normalized spacial score (nSPS) is 13.0. The molecule has 3 aromatic rings. The molecule has 1 aliphatic heterocycles. The highest BCUT2D eigenvalue weighted by molar-refractivity contribution is 7.14. The maximum Gasteiger partial charge on any atom is 0.273 e. The molecule has 2 amide bonds. The van der Waals surface area contributed by atoms with E-state index in [4.69, 9.17) is 23.2 Å². The second-order valence-corrected chi connectivity index (χ2v) is 7.97. The van der Waals surface area contributed by atoms with Crippen molar-refractivity contribution < 1.29 is 9.59 Å². The lowest BCUT2D eigenvalue weighted by Crippen LogP contribution is -2.29. The smallest absolute Gasteiger partial charge is 0.273 e. The van der Waals surface area contributed by atoms with Gasteiger partial charge >= 0.3 is 0 Å². The fourth-order valence-corrected chi connectivity index (χ4v) is 4.09. The Bertz CT molecular complexity index is 1090. The SMILES string of the molecule is O=C(c1csc(N(C(=O)c2ccccc2Cl)c2ccc(Cl)cc2)n1)N1CC=CC1. The van der Waals surface area contributed by atoms with E-state index in [1.807, 2.05) is 12.2 Å². The van der Waals surface area contributed by atoms with Crippen LogP contribution in [0.25, 0.3) is 0 Å². The average Bonchev–Trinajstić information content (AvgIpc) is 3.42. The number of aromatic nitrogens is 1. The number of rotatable bonds is 4. The Labute approximate surface area is 181 Å². The molecule has 0 bridgehead atoms. The van der Waals surface area contributed by atoms with Crippen molar-refractivity contribution in [2.24, 2.45) is 0 Å². The quantitative estimate of drug-likeness (QED) is 0.504. The zero-order chi connectivity index (χ0) is 20.4. The van der Waals surface area contributed by atoms with Gasteiger partial charge in [-0.15, -0.1) is 11.3 Å². The maximum absolute atomic E-state index is 13.4. The molecule has 0 N–H and O–H groups in total. The number of nitrogens with zero attached hydrogens (tertiary/aromatic N) is 3. The van der Waals surface area contributed by atoms with E-state index in [2.05, 4.69) is 4.98 Å². The Morgan fingerprint density at radius 1 is 1.00 bits per heavy atom. The lowest BCUT2D eigenvalue weighted by Gasteiger charge is -2.21. The molecule has 1 aromatic heterocycles. The number of hydrogen-bond donors (Lipinski definition) is 0. The molecule has 1 aliphatic rings. The number of hydrogen-bond acceptors (Lipinski definition) is 4. The van der Waals surface area contributed by atoms with Gasteiger partial charge in [0.25, 0.3) is 11.8 Å². The molecule has 5 nitrogen and oxygen atoms in total. The summed E-state index contributed by atoms with van der Waals surface area (Å²) in [6, 6.07) is 13.7. The standard InChI is InChI=1S/C21H15Cl2N3O2S/c22-14-7-9-15(10-8-14)26(19(27)16-5-1-2-6-17(16)23)21-24-18(13-29-21)20(28)25-11-3-4-12-25/h1-10,13H,11-12H2. The van der Waals surface area contributed by atoms with Gasteiger partial charge in [-0.25, -0.2) is 4.98 Å². The molecule has 0 saturated heterocycles. The fourth-order valence-electron chi connectivity index (χ4n) is 2.93. The van der Waals surface area contributed by atoms with Crippen LogP contribution < -0.4 is 4.90 Å². The van der Waals surface area contributed by atoms with Gasteiger partial charge in [-0.2, -0.15) is 0 Å². The van der Waals surface area contributed by atoms with Crippen LogP contribution in [-0.4, -0.2) is 34.8 Å². The minimum Gasteiger partial charge on any atom is -0.330 e. The Hall–Kier alpha value is -2.67. The molecular weight excluding hydrogens is 429 g/mol. The van der Waals surface area contributed by atoms with Gasteiger partial charge in [0, 0.05) is 23.5 Å². The second kappa shape index (κ2) is 8.37. The molecule has 8 heteroatoms. The lowest BCUT2D eigenvalue weighted by atomic mass is 10.2.